The normalized spacial score (nSPS) is 19.4. The van der Waals surface area contributed by atoms with Crippen molar-refractivity contribution in [2.45, 2.75) is 33.0 Å². The second kappa shape index (κ2) is 6.96. The van der Waals surface area contributed by atoms with Crippen molar-refractivity contribution in [1.29, 1.82) is 0 Å². The van der Waals surface area contributed by atoms with Crippen LogP contribution in [0.1, 0.15) is 47.0 Å². The molecule has 27 heavy (non-hydrogen) atoms. The second-order valence-corrected chi connectivity index (χ2v) is 7.02. The minimum Gasteiger partial charge on any atom is -0.508 e. The molecule has 2 aromatic rings. The van der Waals surface area contributed by atoms with E-state index in [0.717, 1.165) is 6.07 Å². The molecule has 1 heterocycles. The Bertz CT molecular complexity index is 929. The third kappa shape index (κ3) is 3.36. The van der Waals surface area contributed by atoms with E-state index in [0.29, 0.717) is 11.1 Å². The largest absolute Gasteiger partial charge is 0.508 e. The molecule has 3 rings (SSSR count). The van der Waals surface area contributed by atoms with Gasteiger partial charge in [0.2, 0.25) is 5.78 Å². The number of aliphatic hydroxyl groups excluding tert-OH is 1. The molecular formula is C21H22O6. The van der Waals surface area contributed by atoms with E-state index in [1.807, 2.05) is 19.9 Å². The molecule has 0 radical (unpaired) electrons. The molecule has 0 amide bonds. The molecule has 0 bridgehead atoms. The SMILES string of the molecule is Cc1cc2c(c(O)c1C=CC(C)C)C(=O)C(O)C(c1ccc(O)cc1O)O2. The summed E-state index contributed by atoms with van der Waals surface area (Å²) in [7, 11) is 0. The second-order valence-electron chi connectivity index (χ2n) is 7.02. The first kappa shape index (κ1) is 18.8. The van der Waals surface area contributed by atoms with Crippen molar-refractivity contribution in [3.63, 3.8) is 0 Å². The summed E-state index contributed by atoms with van der Waals surface area (Å²) in [5.41, 5.74) is 1.30. The number of carbonyl (C=O) groups is 1. The summed E-state index contributed by atoms with van der Waals surface area (Å²) < 4.78 is 5.77. The molecule has 0 saturated heterocycles. The van der Waals surface area contributed by atoms with Crippen LogP contribution >= 0.6 is 0 Å². The van der Waals surface area contributed by atoms with Crippen molar-refractivity contribution in [1.82, 2.24) is 0 Å². The summed E-state index contributed by atoms with van der Waals surface area (Å²) in [5, 5.41) is 40.6. The average Bonchev–Trinajstić information content (AvgIpc) is 2.57. The molecular weight excluding hydrogens is 348 g/mol. The number of benzene rings is 2. The summed E-state index contributed by atoms with van der Waals surface area (Å²) in [6, 6.07) is 5.44. The maximum Gasteiger partial charge on any atom is 0.202 e. The van der Waals surface area contributed by atoms with E-state index in [-0.39, 0.29) is 40.0 Å². The van der Waals surface area contributed by atoms with Crippen molar-refractivity contribution in [3.05, 3.63) is 52.6 Å². The lowest BCUT2D eigenvalue weighted by molar-refractivity contribution is 0.0203. The average molecular weight is 370 g/mol. The number of fused-ring (bicyclic) bond motifs is 1. The van der Waals surface area contributed by atoms with Gasteiger partial charge >= 0.3 is 0 Å². The first-order valence-electron chi connectivity index (χ1n) is 8.66. The van der Waals surface area contributed by atoms with Crippen LogP contribution < -0.4 is 4.74 Å². The number of aryl methyl sites for hydroxylation is 1. The highest BCUT2D eigenvalue weighted by molar-refractivity contribution is 6.06. The monoisotopic (exact) mass is 370 g/mol. The molecule has 0 spiro atoms. The zero-order valence-corrected chi connectivity index (χ0v) is 15.3. The van der Waals surface area contributed by atoms with Crippen molar-refractivity contribution >= 4 is 11.9 Å². The van der Waals surface area contributed by atoms with Gasteiger partial charge in [0.1, 0.15) is 28.6 Å². The predicted octanol–water partition coefficient (Wildman–Crippen LogP) is 3.46. The number of carbonyl (C=O) groups excluding carboxylic acids is 1. The molecule has 2 aromatic carbocycles. The third-order valence-corrected chi connectivity index (χ3v) is 4.53. The van der Waals surface area contributed by atoms with Gasteiger partial charge in [-0.05, 0) is 36.6 Å². The van der Waals surface area contributed by atoms with E-state index >= 15 is 0 Å². The van der Waals surface area contributed by atoms with Crippen LogP contribution in [-0.4, -0.2) is 32.3 Å². The summed E-state index contributed by atoms with van der Waals surface area (Å²) in [6.07, 6.45) is 0.883. The third-order valence-electron chi connectivity index (χ3n) is 4.53. The van der Waals surface area contributed by atoms with Crippen LogP contribution in [-0.2, 0) is 0 Å². The van der Waals surface area contributed by atoms with Crippen LogP contribution in [0.2, 0.25) is 0 Å². The highest BCUT2D eigenvalue weighted by atomic mass is 16.5. The Morgan fingerprint density at radius 3 is 2.48 bits per heavy atom. The molecule has 0 aromatic heterocycles. The number of hydrogen-bond acceptors (Lipinski definition) is 6. The van der Waals surface area contributed by atoms with E-state index in [1.165, 1.54) is 12.1 Å². The smallest absolute Gasteiger partial charge is 0.202 e. The Morgan fingerprint density at radius 2 is 1.85 bits per heavy atom. The number of ketones is 1. The molecule has 2 unspecified atom stereocenters. The Hall–Kier alpha value is -2.99. The molecule has 1 aliphatic rings. The molecule has 0 saturated carbocycles. The summed E-state index contributed by atoms with van der Waals surface area (Å²) in [4.78, 5) is 12.8. The van der Waals surface area contributed by atoms with Gasteiger partial charge in [-0.3, -0.25) is 4.79 Å². The zero-order valence-electron chi connectivity index (χ0n) is 15.3. The molecule has 6 nitrogen and oxygen atoms in total. The van der Waals surface area contributed by atoms with Gasteiger partial charge in [-0.2, -0.15) is 0 Å². The minimum absolute atomic E-state index is 0.0778. The molecule has 2 atom stereocenters. The van der Waals surface area contributed by atoms with Gasteiger partial charge in [0.05, 0.1) is 0 Å². The summed E-state index contributed by atoms with van der Waals surface area (Å²) >= 11 is 0. The fourth-order valence-corrected chi connectivity index (χ4v) is 3.11. The number of Topliss-reactive ketones (excluding diaryl/α,β-unsaturated/α-hetero) is 1. The minimum atomic E-state index is -1.61. The molecule has 142 valence electrons. The van der Waals surface area contributed by atoms with Crippen LogP contribution in [0.15, 0.2) is 30.3 Å². The highest BCUT2D eigenvalue weighted by Gasteiger charge is 2.40. The molecule has 1 aliphatic heterocycles. The Morgan fingerprint density at radius 1 is 1.15 bits per heavy atom. The van der Waals surface area contributed by atoms with Crippen molar-refractivity contribution in [3.8, 4) is 23.0 Å². The maximum absolute atomic E-state index is 12.8. The lowest BCUT2D eigenvalue weighted by Crippen LogP contribution is -2.36. The standard InChI is InChI=1S/C21H22O6/c1-10(2)4-6-13-11(3)8-16-17(18(13)24)19(25)20(26)21(27-16)14-7-5-12(22)9-15(14)23/h4-10,20-24,26H,1-3H3. The van der Waals surface area contributed by atoms with Gasteiger partial charge in [0.25, 0.3) is 0 Å². The Kier molecular flexibility index (Phi) is 4.85. The molecule has 0 aliphatic carbocycles. The number of aliphatic hydroxyl groups is 1. The van der Waals surface area contributed by atoms with E-state index in [1.54, 1.807) is 19.1 Å². The highest BCUT2D eigenvalue weighted by Crippen LogP contribution is 2.44. The quantitative estimate of drug-likeness (QED) is 0.659. The summed E-state index contributed by atoms with van der Waals surface area (Å²) in [5.74, 6) is -0.973. The molecule has 4 N–H and O–H groups in total. The van der Waals surface area contributed by atoms with E-state index in [9.17, 15) is 25.2 Å². The topological polar surface area (TPSA) is 107 Å². The van der Waals surface area contributed by atoms with Crippen LogP contribution in [0.4, 0.5) is 0 Å². The number of phenols is 3. The molecule has 0 fully saturated rings. The lowest BCUT2D eigenvalue weighted by Gasteiger charge is -2.31. The van der Waals surface area contributed by atoms with Gasteiger partial charge in [0.15, 0.2) is 12.2 Å². The first-order chi connectivity index (χ1) is 12.7. The fraction of sp³-hybridized carbons (Fsp3) is 0.286. The number of aromatic hydroxyl groups is 3. The number of phenolic OH excluding ortho intramolecular Hbond substituents is 3. The van der Waals surface area contributed by atoms with Crippen LogP contribution in [0.5, 0.6) is 23.0 Å². The van der Waals surface area contributed by atoms with Crippen LogP contribution in [0.3, 0.4) is 0 Å². The van der Waals surface area contributed by atoms with Gasteiger partial charge in [0, 0.05) is 17.2 Å². The number of allylic oxidation sites excluding steroid dienone is 1. The van der Waals surface area contributed by atoms with Crippen LogP contribution in [0.25, 0.3) is 6.08 Å². The Balaban J connectivity index is 2.09. The lowest BCUT2D eigenvalue weighted by atomic mass is 9.89. The fourth-order valence-electron chi connectivity index (χ4n) is 3.11. The van der Waals surface area contributed by atoms with Crippen LogP contribution in [0, 0.1) is 12.8 Å². The van der Waals surface area contributed by atoms with E-state index in [2.05, 4.69) is 0 Å². The molecule has 6 heteroatoms. The van der Waals surface area contributed by atoms with Gasteiger partial charge in [-0.25, -0.2) is 0 Å². The Labute approximate surface area is 157 Å². The van der Waals surface area contributed by atoms with Crippen molar-refractivity contribution in [2.75, 3.05) is 0 Å². The van der Waals surface area contributed by atoms with E-state index < -0.39 is 18.0 Å². The van der Waals surface area contributed by atoms with Gasteiger partial charge in [-0.1, -0.05) is 26.0 Å². The predicted molar refractivity (Wildman–Crippen MR) is 100 cm³/mol. The number of hydrogen-bond donors (Lipinski definition) is 4. The van der Waals surface area contributed by atoms with Crippen molar-refractivity contribution in [2.24, 2.45) is 5.92 Å². The first-order valence-corrected chi connectivity index (χ1v) is 8.66. The van der Waals surface area contributed by atoms with Crippen molar-refractivity contribution < 1.29 is 30.0 Å². The van der Waals surface area contributed by atoms with E-state index in [4.69, 9.17) is 4.74 Å². The number of ether oxygens (including phenoxy) is 1. The van der Waals surface area contributed by atoms with Gasteiger partial charge < -0.3 is 25.2 Å². The van der Waals surface area contributed by atoms with Gasteiger partial charge in [-0.15, -0.1) is 0 Å². The number of rotatable bonds is 3. The summed E-state index contributed by atoms with van der Waals surface area (Å²) in [6.45, 7) is 5.77. The maximum atomic E-state index is 12.8. The zero-order chi connectivity index (χ0) is 19.9.